The number of halogens is 1. The van der Waals surface area contributed by atoms with Gasteiger partial charge in [-0.05, 0) is 25.1 Å². The number of carbonyl (C=O) groups excluding carboxylic acids is 1. The van der Waals surface area contributed by atoms with Crippen LogP contribution in [-0.4, -0.2) is 48.8 Å². The number of sulfonamides is 1. The van der Waals surface area contributed by atoms with Crippen LogP contribution in [0.5, 0.6) is 0 Å². The monoisotopic (exact) mass is 316 g/mol. The molecule has 1 saturated heterocycles. The first kappa shape index (κ1) is 15.4. The van der Waals surface area contributed by atoms with Crippen LogP contribution in [0.2, 0.25) is 0 Å². The molecule has 1 aliphatic rings. The van der Waals surface area contributed by atoms with E-state index in [1.165, 1.54) is 6.92 Å². The molecule has 1 aromatic carbocycles. The van der Waals surface area contributed by atoms with Crippen molar-refractivity contribution in [3.8, 4) is 0 Å². The summed E-state index contributed by atoms with van der Waals surface area (Å²) in [6.45, 7) is 1.56. The van der Waals surface area contributed by atoms with E-state index in [9.17, 15) is 22.4 Å². The van der Waals surface area contributed by atoms with Crippen molar-refractivity contribution in [3.05, 3.63) is 29.6 Å². The first-order valence-corrected chi connectivity index (χ1v) is 7.51. The van der Waals surface area contributed by atoms with Crippen LogP contribution >= 0.6 is 0 Å². The van der Waals surface area contributed by atoms with Crippen molar-refractivity contribution < 1.29 is 27.5 Å². The summed E-state index contributed by atoms with van der Waals surface area (Å²) >= 11 is 0. The molecule has 0 spiro atoms. The maximum Gasteiger partial charge on any atom is 0.335 e. The van der Waals surface area contributed by atoms with E-state index >= 15 is 0 Å². The molecule has 21 heavy (non-hydrogen) atoms. The number of carbonyl (C=O) groups is 2. The van der Waals surface area contributed by atoms with E-state index < -0.39 is 38.7 Å². The highest BCUT2D eigenvalue weighted by Crippen LogP contribution is 2.23. The number of piperazine rings is 1. The second-order valence-corrected chi connectivity index (χ2v) is 6.39. The lowest BCUT2D eigenvalue weighted by Crippen LogP contribution is -2.55. The van der Waals surface area contributed by atoms with E-state index in [1.54, 1.807) is 0 Å². The summed E-state index contributed by atoms with van der Waals surface area (Å²) in [6, 6.07) is 1.59. The summed E-state index contributed by atoms with van der Waals surface area (Å²) in [5, 5.41) is 11.3. The molecular formula is C12H13FN2O5S. The lowest BCUT2D eigenvalue weighted by Gasteiger charge is -2.31. The number of nitrogens with one attached hydrogen (secondary N) is 1. The summed E-state index contributed by atoms with van der Waals surface area (Å²) < 4.78 is 39.6. The molecule has 1 aliphatic heterocycles. The highest BCUT2D eigenvalue weighted by molar-refractivity contribution is 7.89. The second kappa shape index (κ2) is 5.41. The van der Waals surface area contributed by atoms with Crippen LogP contribution in [0.15, 0.2) is 23.1 Å². The van der Waals surface area contributed by atoms with Crippen LogP contribution in [0.3, 0.4) is 0 Å². The summed E-state index contributed by atoms with van der Waals surface area (Å²) in [6.07, 6.45) is 0. The van der Waals surface area contributed by atoms with Gasteiger partial charge in [0.1, 0.15) is 16.8 Å². The predicted octanol–water partition coefficient (Wildman–Crippen LogP) is 0.0329. The van der Waals surface area contributed by atoms with E-state index in [0.717, 1.165) is 16.4 Å². The van der Waals surface area contributed by atoms with Crippen molar-refractivity contribution in [2.24, 2.45) is 0 Å². The fraction of sp³-hybridized carbons (Fsp3) is 0.333. The molecule has 1 fully saturated rings. The third kappa shape index (κ3) is 2.74. The maximum absolute atomic E-state index is 13.9. The number of rotatable bonds is 3. The summed E-state index contributed by atoms with van der Waals surface area (Å²) in [4.78, 5) is 21.6. The van der Waals surface area contributed by atoms with Crippen molar-refractivity contribution in [1.82, 2.24) is 9.62 Å². The van der Waals surface area contributed by atoms with Crippen LogP contribution < -0.4 is 5.32 Å². The number of nitrogens with zero attached hydrogens (tertiary/aromatic N) is 1. The van der Waals surface area contributed by atoms with Crippen LogP contribution in [-0.2, 0) is 14.8 Å². The number of amides is 1. The number of carboxylic acids is 1. The molecule has 1 amide bonds. The molecule has 114 valence electrons. The molecular weight excluding hydrogens is 303 g/mol. The minimum absolute atomic E-state index is 0.0232. The molecule has 0 bridgehead atoms. The molecule has 2 rings (SSSR count). The number of hydrogen-bond acceptors (Lipinski definition) is 4. The van der Waals surface area contributed by atoms with E-state index in [0.29, 0.717) is 6.07 Å². The normalized spacial score (nSPS) is 20.1. The summed E-state index contributed by atoms with van der Waals surface area (Å²) in [7, 11) is -4.21. The average Bonchev–Trinajstić information content (AvgIpc) is 2.41. The quantitative estimate of drug-likeness (QED) is 0.819. The molecule has 1 unspecified atom stereocenters. The van der Waals surface area contributed by atoms with Crippen LogP contribution in [0.4, 0.5) is 4.39 Å². The highest BCUT2D eigenvalue weighted by atomic mass is 32.2. The lowest BCUT2D eigenvalue weighted by atomic mass is 10.2. The van der Waals surface area contributed by atoms with E-state index in [2.05, 4.69) is 5.32 Å². The minimum Gasteiger partial charge on any atom is -0.478 e. The average molecular weight is 316 g/mol. The van der Waals surface area contributed by atoms with Gasteiger partial charge in [0, 0.05) is 13.1 Å². The Labute approximate surface area is 120 Å². The van der Waals surface area contributed by atoms with Crippen molar-refractivity contribution in [1.29, 1.82) is 0 Å². The summed E-state index contributed by atoms with van der Waals surface area (Å²) in [5.41, 5.74) is -0.351. The van der Waals surface area contributed by atoms with Gasteiger partial charge in [0.25, 0.3) is 0 Å². The third-order valence-corrected chi connectivity index (χ3v) is 5.21. The molecule has 0 saturated carbocycles. The lowest BCUT2D eigenvalue weighted by molar-refractivity contribution is -0.126. The highest BCUT2D eigenvalue weighted by Gasteiger charge is 2.37. The SMILES string of the molecule is CC1C(=O)NCCN1S(=O)(=O)c1ccc(C(=O)O)cc1F. The molecule has 2 N–H and O–H groups in total. The molecule has 0 aliphatic carbocycles. The molecule has 0 aromatic heterocycles. The molecule has 1 aromatic rings. The second-order valence-electron chi connectivity index (χ2n) is 4.53. The number of benzene rings is 1. The Kier molecular flexibility index (Phi) is 3.97. The number of aromatic carboxylic acids is 1. The Bertz CT molecular complexity index is 704. The van der Waals surface area contributed by atoms with E-state index in [-0.39, 0.29) is 18.7 Å². The molecule has 1 atom stereocenters. The zero-order valence-corrected chi connectivity index (χ0v) is 11.9. The Morgan fingerprint density at radius 3 is 2.71 bits per heavy atom. The van der Waals surface area contributed by atoms with Gasteiger partial charge in [-0.15, -0.1) is 0 Å². The Balaban J connectivity index is 2.44. The zero-order chi connectivity index (χ0) is 15.8. The van der Waals surface area contributed by atoms with Gasteiger partial charge in [0.2, 0.25) is 15.9 Å². The smallest absolute Gasteiger partial charge is 0.335 e. The first-order valence-electron chi connectivity index (χ1n) is 6.07. The predicted molar refractivity (Wildman–Crippen MR) is 69.7 cm³/mol. The molecule has 0 radical (unpaired) electrons. The molecule has 9 heteroatoms. The van der Waals surface area contributed by atoms with Gasteiger partial charge >= 0.3 is 5.97 Å². The van der Waals surface area contributed by atoms with Crippen molar-refractivity contribution in [2.75, 3.05) is 13.1 Å². The molecule has 1 heterocycles. The Morgan fingerprint density at radius 2 is 2.14 bits per heavy atom. The maximum atomic E-state index is 13.9. The Hall–Kier alpha value is -2.00. The third-order valence-electron chi connectivity index (χ3n) is 3.21. The van der Waals surface area contributed by atoms with Crippen molar-refractivity contribution >= 4 is 21.9 Å². The van der Waals surface area contributed by atoms with Gasteiger partial charge in [0.05, 0.1) is 5.56 Å². The van der Waals surface area contributed by atoms with Crippen molar-refractivity contribution in [2.45, 2.75) is 17.9 Å². The topological polar surface area (TPSA) is 104 Å². The van der Waals surface area contributed by atoms with Gasteiger partial charge < -0.3 is 10.4 Å². The zero-order valence-electron chi connectivity index (χ0n) is 11.0. The van der Waals surface area contributed by atoms with Gasteiger partial charge in [-0.1, -0.05) is 0 Å². The van der Waals surface area contributed by atoms with Gasteiger partial charge in [-0.25, -0.2) is 17.6 Å². The fourth-order valence-electron chi connectivity index (χ4n) is 2.06. The van der Waals surface area contributed by atoms with Crippen LogP contribution in [0, 0.1) is 5.82 Å². The largest absolute Gasteiger partial charge is 0.478 e. The molecule has 7 nitrogen and oxygen atoms in total. The summed E-state index contributed by atoms with van der Waals surface area (Å²) in [5.74, 6) is -2.98. The Morgan fingerprint density at radius 1 is 1.48 bits per heavy atom. The van der Waals surface area contributed by atoms with Gasteiger partial charge in [0.15, 0.2) is 0 Å². The van der Waals surface area contributed by atoms with Crippen LogP contribution in [0.1, 0.15) is 17.3 Å². The first-order chi connectivity index (χ1) is 9.75. The fourth-order valence-corrected chi connectivity index (χ4v) is 3.70. The van der Waals surface area contributed by atoms with Gasteiger partial charge in [-0.2, -0.15) is 4.31 Å². The minimum atomic E-state index is -4.21. The van der Waals surface area contributed by atoms with Crippen molar-refractivity contribution in [3.63, 3.8) is 0 Å². The van der Waals surface area contributed by atoms with Crippen LogP contribution in [0.25, 0.3) is 0 Å². The van der Waals surface area contributed by atoms with Gasteiger partial charge in [-0.3, -0.25) is 4.79 Å². The number of carboxylic acid groups (broad SMARTS) is 1. The van der Waals surface area contributed by atoms with E-state index in [1.807, 2.05) is 0 Å². The standard InChI is InChI=1S/C12H13FN2O5S/c1-7-11(16)14-4-5-15(7)21(19,20)10-3-2-8(12(17)18)6-9(10)13/h2-3,6-7H,4-5H2,1H3,(H,14,16)(H,17,18). The van der Waals surface area contributed by atoms with E-state index in [4.69, 9.17) is 5.11 Å². The number of hydrogen-bond donors (Lipinski definition) is 2.